The SMILES string of the molecule is CC1Oc2ccc(C(O)CCN3CCCNCC3)cc2NC1=O. The number of nitrogens with one attached hydrogen (secondary N) is 2. The van der Waals surface area contributed by atoms with Gasteiger partial charge in [-0.2, -0.15) is 0 Å². The summed E-state index contributed by atoms with van der Waals surface area (Å²) in [5.41, 5.74) is 1.46. The fraction of sp³-hybridized carbons (Fsp3) is 0.588. The summed E-state index contributed by atoms with van der Waals surface area (Å²) in [7, 11) is 0. The van der Waals surface area contributed by atoms with Crippen LogP contribution in [0.4, 0.5) is 5.69 Å². The molecule has 6 nitrogen and oxygen atoms in total. The molecule has 0 spiro atoms. The summed E-state index contributed by atoms with van der Waals surface area (Å²) in [6.45, 7) is 6.78. The molecule has 0 aromatic heterocycles. The van der Waals surface area contributed by atoms with E-state index >= 15 is 0 Å². The van der Waals surface area contributed by atoms with Crippen molar-refractivity contribution in [1.82, 2.24) is 10.2 Å². The number of aliphatic hydroxyl groups is 1. The van der Waals surface area contributed by atoms with Crippen molar-refractivity contribution in [2.24, 2.45) is 0 Å². The number of amides is 1. The lowest BCUT2D eigenvalue weighted by atomic mass is 10.0. The van der Waals surface area contributed by atoms with E-state index in [1.54, 1.807) is 6.92 Å². The van der Waals surface area contributed by atoms with Crippen LogP contribution in [0.1, 0.15) is 31.4 Å². The summed E-state index contributed by atoms with van der Waals surface area (Å²) >= 11 is 0. The van der Waals surface area contributed by atoms with Gasteiger partial charge in [0, 0.05) is 19.6 Å². The molecule has 23 heavy (non-hydrogen) atoms. The lowest BCUT2D eigenvalue weighted by Gasteiger charge is -2.25. The number of hydrogen-bond donors (Lipinski definition) is 3. The highest BCUT2D eigenvalue weighted by Crippen LogP contribution is 2.32. The Hall–Kier alpha value is -1.63. The van der Waals surface area contributed by atoms with Crippen molar-refractivity contribution in [2.45, 2.75) is 32.0 Å². The van der Waals surface area contributed by atoms with Crippen molar-refractivity contribution in [2.75, 3.05) is 38.0 Å². The van der Waals surface area contributed by atoms with Crippen molar-refractivity contribution in [3.63, 3.8) is 0 Å². The molecule has 2 aliphatic rings. The number of carbonyl (C=O) groups is 1. The van der Waals surface area contributed by atoms with Crippen molar-refractivity contribution in [3.05, 3.63) is 23.8 Å². The lowest BCUT2D eigenvalue weighted by molar-refractivity contribution is -0.122. The molecule has 0 bridgehead atoms. The van der Waals surface area contributed by atoms with Crippen LogP contribution in [0, 0.1) is 0 Å². The van der Waals surface area contributed by atoms with Crippen LogP contribution < -0.4 is 15.4 Å². The average Bonchev–Trinajstić information content (AvgIpc) is 2.82. The van der Waals surface area contributed by atoms with Crippen LogP contribution in [0.5, 0.6) is 5.75 Å². The predicted octanol–water partition coefficient (Wildman–Crippen LogP) is 1.12. The van der Waals surface area contributed by atoms with Crippen LogP contribution in [0.15, 0.2) is 18.2 Å². The second kappa shape index (κ2) is 7.29. The number of rotatable bonds is 4. The van der Waals surface area contributed by atoms with Crippen LogP contribution in [0.25, 0.3) is 0 Å². The molecule has 1 aromatic rings. The number of fused-ring (bicyclic) bond motifs is 1. The van der Waals surface area contributed by atoms with E-state index in [2.05, 4.69) is 15.5 Å². The Balaban J connectivity index is 1.60. The zero-order valence-corrected chi connectivity index (χ0v) is 13.5. The summed E-state index contributed by atoms with van der Waals surface area (Å²) in [6.07, 6.45) is 0.822. The summed E-state index contributed by atoms with van der Waals surface area (Å²) in [5.74, 6) is 0.507. The molecule has 2 aliphatic heterocycles. The van der Waals surface area contributed by atoms with Crippen LogP contribution in [0.2, 0.25) is 0 Å². The Morgan fingerprint density at radius 2 is 2.26 bits per heavy atom. The third-order valence-electron chi connectivity index (χ3n) is 4.47. The minimum Gasteiger partial charge on any atom is -0.479 e. The average molecular weight is 319 g/mol. The van der Waals surface area contributed by atoms with Gasteiger partial charge in [0.15, 0.2) is 6.10 Å². The van der Waals surface area contributed by atoms with Gasteiger partial charge in [0.1, 0.15) is 5.75 Å². The van der Waals surface area contributed by atoms with Gasteiger partial charge in [0.2, 0.25) is 0 Å². The molecule has 0 aliphatic carbocycles. The number of anilines is 1. The summed E-state index contributed by atoms with van der Waals surface area (Å²) < 4.78 is 5.54. The van der Waals surface area contributed by atoms with Crippen molar-refractivity contribution in [1.29, 1.82) is 0 Å². The first-order valence-electron chi connectivity index (χ1n) is 8.36. The van der Waals surface area contributed by atoms with Crippen molar-refractivity contribution >= 4 is 11.6 Å². The molecule has 1 aromatic carbocycles. The van der Waals surface area contributed by atoms with Crippen LogP contribution in [-0.4, -0.2) is 54.7 Å². The summed E-state index contributed by atoms with van der Waals surface area (Å²) in [4.78, 5) is 14.1. The Kier molecular flexibility index (Phi) is 5.15. The third-order valence-corrected chi connectivity index (χ3v) is 4.47. The second-order valence-corrected chi connectivity index (χ2v) is 6.25. The largest absolute Gasteiger partial charge is 0.479 e. The van der Waals surface area contributed by atoms with Crippen molar-refractivity contribution in [3.8, 4) is 5.75 Å². The topological polar surface area (TPSA) is 73.8 Å². The molecule has 126 valence electrons. The second-order valence-electron chi connectivity index (χ2n) is 6.25. The normalized spacial score (nSPS) is 23.4. The summed E-state index contributed by atoms with van der Waals surface area (Å²) in [5, 5.41) is 16.7. The quantitative estimate of drug-likeness (QED) is 0.776. The van der Waals surface area contributed by atoms with Crippen LogP contribution in [0.3, 0.4) is 0 Å². The zero-order valence-electron chi connectivity index (χ0n) is 13.5. The van der Waals surface area contributed by atoms with Gasteiger partial charge in [-0.3, -0.25) is 4.79 Å². The van der Waals surface area contributed by atoms with Gasteiger partial charge >= 0.3 is 0 Å². The molecular weight excluding hydrogens is 294 g/mol. The van der Waals surface area contributed by atoms with E-state index in [-0.39, 0.29) is 5.91 Å². The Bertz CT molecular complexity index is 556. The number of carbonyl (C=O) groups excluding carboxylic acids is 1. The van der Waals surface area contributed by atoms with Crippen LogP contribution in [-0.2, 0) is 4.79 Å². The van der Waals surface area contributed by atoms with Gasteiger partial charge in [0.05, 0.1) is 11.8 Å². The third kappa shape index (κ3) is 4.02. The predicted molar refractivity (Wildman–Crippen MR) is 88.7 cm³/mol. The maximum Gasteiger partial charge on any atom is 0.265 e. The first-order chi connectivity index (χ1) is 11.1. The zero-order chi connectivity index (χ0) is 16.2. The van der Waals surface area contributed by atoms with E-state index in [9.17, 15) is 9.90 Å². The molecule has 0 radical (unpaired) electrons. The number of aliphatic hydroxyl groups excluding tert-OH is 1. The molecule has 2 heterocycles. The van der Waals surface area contributed by atoms with Gasteiger partial charge in [0.25, 0.3) is 5.91 Å². The van der Waals surface area contributed by atoms with Gasteiger partial charge in [-0.25, -0.2) is 0 Å². The first-order valence-corrected chi connectivity index (χ1v) is 8.36. The van der Waals surface area contributed by atoms with Crippen molar-refractivity contribution < 1.29 is 14.6 Å². The van der Waals surface area contributed by atoms with E-state index in [4.69, 9.17) is 4.74 Å². The first kappa shape index (κ1) is 16.2. The highest BCUT2D eigenvalue weighted by atomic mass is 16.5. The smallest absolute Gasteiger partial charge is 0.265 e. The fourth-order valence-electron chi connectivity index (χ4n) is 3.03. The van der Waals surface area contributed by atoms with Gasteiger partial charge in [-0.1, -0.05) is 6.07 Å². The minimum absolute atomic E-state index is 0.152. The Morgan fingerprint density at radius 1 is 1.39 bits per heavy atom. The number of nitrogens with zero attached hydrogens (tertiary/aromatic N) is 1. The van der Waals surface area contributed by atoms with E-state index in [1.165, 1.54) is 0 Å². The van der Waals surface area contributed by atoms with E-state index in [0.717, 1.165) is 44.7 Å². The maximum absolute atomic E-state index is 11.7. The van der Waals surface area contributed by atoms with Gasteiger partial charge < -0.3 is 25.4 Å². The van der Waals surface area contributed by atoms with Gasteiger partial charge in [-0.15, -0.1) is 0 Å². The number of ether oxygens (including phenoxy) is 1. The Morgan fingerprint density at radius 3 is 3.13 bits per heavy atom. The van der Waals surface area contributed by atoms with E-state index < -0.39 is 12.2 Å². The number of benzene rings is 1. The number of hydrogen-bond acceptors (Lipinski definition) is 5. The van der Waals surface area contributed by atoms with Crippen LogP contribution >= 0.6 is 0 Å². The summed E-state index contributed by atoms with van der Waals surface area (Å²) in [6, 6.07) is 5.51. The maximum atomic E-state index is 11.7. The highest BCUT2D eigenvalue weighted by Gasteiger charge is 2.24. The minimum atomic E-state index is -0.534. The molecular formula is C17H25N3O3. The molecule has 6 heteroatoms. The fourth-order valence-corrected chi connectivity index (χ4v) is 3.03. The molecule has 3 N–H and O–H groups in total. The molecule has 1 fully saturated rings. The molecule has 2 atom stereocenters. The monoisotopic (exact) mass is 319 g/mol. The molecule has 1 saturated heterocycles. The standard InChI is InChI=1S/C17H25N3O3/c1-12-17(22)19-14-11-13(3-4-16(14)23-12)15(21)5-9-20-8-2-6-18-7-10-20/h3-4,11-12,15,18,21H,2,5-10H2,1H3,(H,19,22). The molecule has 2 unspecified atom stereocenters. The molecule has 1 amide bonds. The molecule has 0 saturated carbocycles. The Labute approximate surface area is 136 Å². The van der Waals surface area contributed by atoms with E-state index in [1.807, 2.05) is 18.2 Å². The highest BCUT2D eigenvalue weighted by molar-refractivity contribution is 5.97. The lowest BCUT2D eigenvalue weighted by Crippen LogP contribution is -2.34. The molecule has 3 rings (SSSR count). The van der Waals surface area contributed by atoms with Gasteiger partial charge in [-0.05, 0) is 50.6 Å². The van der Waals surface area contributed by atoms with E-state index in [0.29, 0.717) is 17.9 Å².